The van der Waals surface area contributed by atoms with Crippen molar-refractivity contribution in [2.24, 2.45) is 5.73 Å². The van der Waals surface area contributed by atoms with Crippen LogP contribution < -0.4 is 10.5 Å². The third kappa shape index (κ3) is 4.50. The van der Waals surface area contributed by atoms with Gasteiger partial charge in [-0.3, -0.25) is 0 Å². The highest BCUT2D eigenvalue weighted by molar-refractivity contribution is 5.41. The van der Waals surface area contributed by atoms with E-state index < -0.39 is 0 Å². The summed E-state index contributed by atoms with van der Waals surface area (Å²) in [6.45, 7) is 8.64. The summed E-state index contributed by atoms with van der Waals surface area (Å²) in [6.07, 6.45) is 4.70. The summed E-state index contributed by atoms with van der Waals surface area (Å²) >= 11 is 0. The summed E-state index contributed by atoms with van der Waals surface area (Å²) in [5, 5.41) is 0. The van der Waals surface area contributed by atoms with Gasteiger partial charge in [0.2, 0.25) is 0 Å². The van der Waals surface area contributed by atoms with Crippen LogP contribution in [0.3, 0.4) is 0 Å². The standard InChI is InChI=1S/C17H28N2O/c1-14-7-5-8-16(13-15(2)18)17(14)20-12-6-11-19-9-3-4-10-19/h5,7-8,15H,3-4,6,9-13,18H2,1-2H3. The van der Waals surface area contributed by atoms with Crippen LogP contribution in [0.15, 0.2) is 18.2 Å². The number of aryl methyl sites for hydroxylation is 1. The van der Waals surface area contributed by atoms with E-state index in [4.69, 9.17) is 10.5 Å². The van der Waals surface area contributed by atoms with E-state index in [0.717, 1.165) is 31.7 Å². The van der Waals surface area contributed by atoms with Gasteiger partial charge in [0.1, 0.15) is 5.75 Å². The van der Waals surface area contributed by atoms with Gasteiger partial charge >= 0.3 is 0 Å². The number of para-hydroxylation sites is 1. The normalized spacial score (nSPS) is 17.4. The third-order valence-electron chi connectivity index (χ3n) is 3.90. The molecule has 1 fully saturated rings. The van der Waals surface area contributed by atoms with Crippen LogP contribution in [-0.4, -0.2) is 37.2 Å². The lowest BCUT2D eigenvalue weighted by Gasteiger charge is -2.17. The quantitative estimate of drug-likeness (QED) is 0.778. The van der Waals surface area contributed by atoms with Crippen LogP contribution in [-0.2, 0) is 6.42 Å². The molecule has 1 unspecified atom stereocenters. The summed E-state index contributed by atoms with van der Waals surface area (Å²) in [5.74, 6) is 1.05. The first kappa shape index (κ1) is 15.3. The lowest BCUT2D eigenvalue weighted by molar-refractivity contribution is 0.260. The Balaban J connectivity index is 1.84. The Hall–Kier alpha value is -1.06. The van der Waals surface area contributed by atoms with Gasteiger partial charge in [-0.2, -0.15) is 0 Å². The first-order valence-electron chi connectivity index (χ1n) is 7.86. The molecule has 0 spiro atoms. The van der Waals surface area contributed by atoms with Crippen LogP contribution in [0.1, 0.15) is 37.3 Å². The van der Waals surface area contributed by atoms with Gasteiger partial charge in [-0.25, -0.2) is 0 Å². The second-order valence-electron chi connectivity index (χ2n) is 6.00. The zero-order chi connectivity index (χ0) is 14.4. The van der Waals surface area contributed by atoms with Gasteiger partial charge in [0.05, 0.1) is 6.61 Å². The molecule has 0 amide bonds. The second-order valence-corrected chi connectivity index (χ2v) is 6.00. The van der Waals surface area contributed by atoms with E-state index in [0.29, 0.717) is 0 Å². The molecule has 112 valence electrons. The van der Waals surface area contributed by atoms with E-state index >= 15 is 0 Å². The minimum Gasteiger partial charge on any atom is -0.493 e. The highest BCUT2D eigenvalue weighted by atomic mass is 16.5. The van der Waals surface area contributed by atoms with Crippen molar-refractivity contribution in [1.82, 2.24) is 4.90 Å². The maximum Gasteiger partial charge on any atom is 0.125 e. The van der Waals surface area contributed by atoms with Gasteiger partial charge in [-0.1, -0.05) is 18.2 Å². The topological polar surface area (TPSA) is 38.5 Å². The molecule has 1 aliphatic heterocycles. The molecule has 0 bridgehead atoms. The van der Waals surface area contributed by atoms with Crippen molar-refractivity contribution in [1.29, 1.82) is 0 Å². The van der Waals surface area contributed by atoms with Crippen LogP contribution >= 0.6 is 0 Å². The van der Waals surface area contributed by atoms with Gasteiger partial charge in [0.25, 0.3) is 0 Å². The monoisotopic (exact) mass is 276 g/mol. The molecule has 3 nitrogen and oxygen atoms in total. The molecular formula is C17H28N2O. The fraction of sp³-hybridized carbons (Fsp3) is 0.647. The minimum absolute atomic E-state index is 0.170. The highest BCUT2D eigenvalue weighted by Gasteiger charge is 2.12. The smallest absolute Gasteiger partial charge is 0.125 e. The van der Waals surface area contributed by atoms with Crippen molar-refractivity contribution >= 4 is 0 Å². The predicted molar refractivity (Wildman–Crippen MR) is 84.3 cm³/mol. The molecule has 1 aromatic carbocycles. The minimum atomic E-state index is 0.170. The highest BCUT2D eigenvalue weighted by Crippen LogP contribution is 2.24. The molecule has 1 aliphatic rings. The summed E-state index contributed by atoms with van der Waals surface area (Å²) in [4.78, 5) is 2.53. The summed E-state index contributed by atoms with van der Waals surface area (Å²) in [7, 11) is 0. The van der Waals surface area contributed by atoms with Crippen molar-refractivity contribution in [3.8, 4) is 5.75 Å². The summed E-state index contributed by atoms with van der Waals surface area (Å²) in [6, 6.07) is 6.50. The number of hydrogen-bond donors (Lipinski definition) is 1. The molecule has 2 N–H and O–H groups in total. The van der Waals surface area contributed by atoms with Gasteiger partial charge < -0.3 is 15.4 Å². The molecule has 0 aromatic heterocycles. The van der Waals surface area contributed by atoms with Crippen LogP contribution in [0.4, 0.5) is 0 Å². The van der Waals surface area contributed by atoms with Crippen molar-refractivity contribution in [2.75, 3.05) is 26.2 Å². The van der Waals surface area contributed by atoms with Gasteiger partial charge in [0, 0.05) is 12.6 Å². The molecule has 3 heteroatoms. The molecule has 1 heterocycles. The van der Waals surface area contributed by atoms with Gasteiger partial charge in [-0.15, -0.1) is 0 Å². The number of hydrogen-bond acceptors (Lipinski definition) is 3. The second kappa shape index (κ2) is 7.65. The van der Waals surface area contributed by atoms with Crippen molar-refractivity contribution in [3.63, 3.8) is 0 Å². The molecular weight excluding hydrogens is 248 g/mol. The lowest BCUT2D eigenvalue weighted by Crippen LogP contribution is -2.22. The van der Waals surface area contributed by atoms with E-state index in [2.05, 4.69) is 30.0 Å². The van der Waals surface area contributed by atoms with Gasteiger partial charge in [0.15, 0.2) is 0 Å². The fourth-order valence-electron chi connectivity index (χ4n) is 2.90. The SMILES string of the molecule is Cc1cccc(CC(C)N)c1OCCCN1CCCC1. The van der Waals surface area contributed by atoms with Crippen molar-refractivity contribution in [3.05, 3.63) is 29.3 Å². The first-order chi connectivity index (χ1) is 9.66. The van der Waals surface area contributed by atoms with E-state index in [1.165, 1.54) is 37.1 Å². The first-order valence-corrected chi connectivity index (χ1v) is 7.86. The predicted octanol–water partition coefficient (Wildman–Crippen LogP) is 2.75. The number of likely N-dealkylation sites (tertiary alicyclic amines) is 1. The number of nitrogens with zero attached hydrogens (tertiary/aromatic N) is 1. The maximum atomic E-state index is 6.05. The molecule has 0 aliphatic carbocycles. The molecule has 1 saturated heterocycles. The van der Waals surface area contributed by atoms with Crippen LogP contribution in [0.25, 0.3) is 0 Å². The average molecular weight is 276 g/mol. The van der Waals surface area contributed by atoms with Crippen molar-refractivity contribution < 1.29 is 4.74 Å². The molecule has 0 saturated carbocycles. The maximum absolute atomic E-state index is 6.05. The Morgan fingerprint density at radius 3 is 2.75 bits per heavy atom. The Labute approximate surface area is 123 Å². The van der Waals surface area contributed by atoms with Crippen LogP contribution in [0.2, 0.25) is 0 Å². The van der Waals surface area contributed by atoms with E-state index in [1.807, 2.05) is 6.92 Å². The number of rotatable bonds is 7. The molecule has 1 aromatic rings. The molecule has 20 heavy (non-hydrogen) atoms. The number of nitrogens with two attached hydrogens (primary N) is 1. The molecule has 1 atom stereocenters. The van der Waals surface area contributed by atoms with E-state index in [1.54, 1.807) is 0 Å². The van der Waals surface area contributed by atoms with E-state index in [-0.39, 0.29) is 6.04 Å². The summed E-state index contributed by atoms with van der Waals surface area (Å²) < 4.78 is 6.05. The summed E-state index contributed by atoms with van der Waals surface area (Å²) in [5.41, 5.74) is 8.37. The van der Waals surface area contributed by atoms with E-state index in [9.17, 15) is 0 Å². The molecule has 0 radical (unpaired) electrons. The average Bonchev–Trinajstić information content (AvgIpc) is 2.89. The largest absolute Gasteiger partial charge is 0.493 e. The Morgan fingerprint density at radius 1 is 1.30 bits per heavy atom. The Morgan fingerprint density at radius 2 is 2.05 bits per heavy atom. The zero-order valence-corrected chi connectivity index (χ0v) is 12.9. The lowest BCUT2D eigenvalue weighted by atomic mass is 10.0. The number of ether oxygens (including phenoxy) is 1. The zero-order valence-electron chi connectivity index (χ0n) is 12.9. The van der Waals surface area contributed by atoms with Gasteiger partial charge in [-0.05, 0) is 63.7 Å². The third-order valence-corrected chi connectivity index (χ3v) is 3.90. The number of benzene rings is 1. The van der Waals surface area contributed by atoms with Crippen LogP contribution in [0, 0.1) is 6.92 Å². The van der Waals surface area contributed by atoms with Crippen molar-refractivity contribution in [2.45, 2.75) is 45.6 Å². The van der Waals surface area contributed by atoms with Crippen LogP contribution in [0.5, 0.6) is 5.75 Å². The molecule has 2 rings (SSSR count). The Bertz CT molecular complexity index is 411. The Kier molecular flexibility index (Phi) is 5.86. The fourth-order valence-corrected chi connectivity index (χ4v) is 2.90.